The molecular formula is C15H16IN3O3S. The van der Waals surface area contributed by atoms with Crippen LogP contribution in [0.1, 0.15) is 34.1 Å². The summed E-state index contributed by atoms with van der Waals surface area (Å²) in [6.45, 7) is 2.22. The molecule has 0 fully saturated rings. The molecule has 122 valence electrons. The topological polar surface area (TPSA) is 73.2 Å². The van der Waals surface area contributed by atoms with Crippen LogP contribution in [0.3, 0.4) is 0 Å². The second kappa shape index (κ2) is 7.00. The molecule has 2 aromatic heterocycles. The monoisotopic (exact) mass is 445 g/mol. The lowest BCUT2D eigenvalue weighted by molar-refractivity contribution is -0.116. The van der Waals surface area contributed by atoms with E-state index in [2.05, 4.69) is 33.0 Å². The van der Waals surface area contributed by atoms with Gasteiger partial charge in [0.1, 0.15) is 11.5 Å². The lowest BCUT2D eigenvalue weighted by atomic mass is 10.1. The number of thiophene rings is 1. The van der Waals surface area contributed by atoms with Crippen molar-refractivity contribution in [3.63, 3.8) is 0 Å². The Morgan fingerprint density at radius 1 is 1.48 bits per heavy atom. The van der Waals surface area contributed by atoms with E-state index in [1.807, 2.05) is 0 Å². The normalized spacial score (nSPS) is 13.0. The smallest absolute Gasteiger partial charge is 0.341 e. The Morgan fingerprint density at radius 2 is 2.30 bits per heavy atom. The van der Waals surface area contributed by atoms with Crippen molar-refractivity contribution < 1.29 is 14.3 Å². The summed E-state index contributed by atoms with van der Waals surface area (Å²) in [5.41, 5.74) is 1.57. The molecule has 3 rings (SSSR count). The Kier molecular flexibility index (Phi) is 5.00. The van der Waals surface area contributed by atoms with Crippen molar-refractivity contribution in [2.75, 3.05) is 11.9 Å². The predicted octanol–water partition coefficient (Wildman–Crippen LogP) is 2.85. The fraction of sp³-hybridized carbons (Fsp3) is 0.400. The van der Waals surface area contributed by atoms with Gasteiger partial charge in [0.15, 0.2) is 0 Å². The van der Waals surface area contributed by atoms with Gasteiger partial charge in [0, 0.05) is 11.1 Å². The number of anilines is 1. The van der Waals surface area contributed by atoms with E-state index in [-0.39, 0.29) is 18.4 Å². The van der Waals surface area contributed by atoms with Gasteiger partial charge < -0.3 is 10.1 Å². The van der Waals surface area contributed by atoms with E-state index < -0.39 is 0 Å². The highest BCUT2D eigenvalue weighted by atomic mass is 127. The Labute approximate surface area is 151 Å². The number of aromatic nitrogens is 2. The molecule has 1 aliphatic carbocycles. The lowest BCUT2D eigenvalue weighted by Gasteiger charge is -2.08. The van der Waals surface area contributed by atoms with Crippen LogP contribution >= 0.6 is 33.9 Å². The summed E-state index contributed by atoms with van der Waals surface area (Å²) in [6, 6.07) is 0. The van der Waals surface area contributed by atoms with E-state index in [9.17, 15) is 9.59 Å². The van der Waals surface area contributed by atoms with E-state index in [0.717, 1.165) is 28.4 Å². The summed E-state index contributed by atoms with van der Waals surface area (Å²) in [4.78, 5) is 25.7. The summed E-state index contributed by atoms with van der Waals surface area (Å²) >= 11 is 3.62. The van der Waals surface area contributed by atoms with Crippen molar-refractivity contribution in [2.24, 2.45) is 0 Å². The highest BCUT2D eigenvalue weighted by Crippen LogP contribution is 2.39. The number of aryl methyl sites for hydroxylation is 1. The van der Waals surface area contributed by atoms with Crippen molar-refractivity contribution in [1.82, 2.24) is 9.78 Å². The fourth-order valence-corrected chi connectivity index (χ4v) is 4.39. The van der Waals surface area contributed by atoms with E-state index >= 15 is 0 Å². The maximum atomic E-state index is 12.2. The van der Waals surface area contributed by atoms with Gasteiger partial charge in [-0.1, -0.05) is 0 Å². The first-order valence-corrected chi connectivity index (χ1v) is 9.27. The number of amides is 1. The molecule has 6 nitrogen and oxygen atoms in total. The molecule has 0 saturated carbocycles. The number of carbonyl (C=O) groups is 2. The quantitative estimate of drug-likeness (QED) is 0.568. The zero-order chi connectivity index (χ0) is 16.4. The molecule has 0 spiro atoms. The average Bonchev–Trinajstić information content (AvgIpc) is 3.15. The highest BCUT2D eigenvalue weighted by Gasteiger charge is 2.28. The Hall–Kier alpha value is -1.42. The van der Waals surface area contributed by atoms with Gasteiger partial charge in [0.05, 0.1) is 21.9 Å². The van der Waals surface area contributed by atoms with Crippen LogP contribution in [-0.4, -0.2) is 28.3 Å². The molecular weight excluding hydrogens is 429 g/mol. The third kappa shape index (κ3) is 3.57. The molecule has 0 unspecified atom stereocenters. The highest BCUT2D eigenvalue weighted by molar-refractivity contribution is 14.1. The number of halogens is 1. The van der Waals surface area contributed by atoms with Crippen molar-refractivity contribution in [1.29, 1.82) is 0 Å². The lowest BCUT2D eigenvalue weighted by Crippen LogP contribution is -2.20. The summed E-state index contributed by atoms with van der Waals surface area (Å²) in [7, 11) is 0. The summed E-state index contributed by atoms with van der Waals surface area (Å²) in [5.74, 6) is -0.550. The maximum absolute atomic E-state index is 12.2. The van der Waals surface area contributed by atoms with Crippen LogP contribution in [0.15, 0.2) is 12.4 Å². The van der Waals surface area contributed by atoms with Gasteiger partial charge in [-0.25, -0.2) is 4.79 Å². The van der Waals surface area contributed by atoms with Gasteiger partial charge in [-0.05, 0) is 54.3 Å². The summed E-state index contributed by atoms with van der Waals surface area (Å²) in [5, 5.41) is 7.54. The Morgan fingerprint density at radius 3 is 3.00 bits per heavy atom. The molecule has 1 N–H and O–H groups in total. The van der Waals surface area contributed by atoms with Crippen LogP contribution in [0.25, 0.3) is 0 Å². The first-order valence-electron chi connectivity index (χ1n) is 7.38. The van der Waals surface area contributed by atoms with Gasteiger partial charge >= 0.3 is 5.97 Å². The molecule has 0 radical (unpaired) electrons. The number of nitrogens with one attached hydrogen (secondary N) is 1. The molecule has 0 bridgehead atoms. The predicted molar refractivity (Wildman–Crippen MR) is 95.9 cm³/mol. The molecule has 1 aliphatic rings. The largest absolute Gasteiger partial charge is 0.462 e. The fourth-order valence-electron chi connectivity index (χ4n) is 2.65. The number of fused-ring (bicyclic) bond motifs is 1. The van der Waals surface area contributed by atoms with Crippen LogP contribution in [-0.2, 0) is 28.9 Å². The van der Waals surface area contributed by atoms with Crippen LogP contribution in [0.2, 0.25) is 0 Å². The Bertz CT molecular complexity index is 753. The molecule has 0 atom stereocenters. The minimum absolute atomic E-state index is 0.119. The van der Waals surface area contributed by atoms with Crippen LogP contribution in [0.4, 0.5) is 5.00 Å². The Balaban J connectivity index is 1.79. The van der Waals surface area contributed by atoms with Gasteiger partial charge in [0.25, 0.3) is 0 Å². The van der Waals surface area contributed by atoms with Crippen molar-refractivity contribution in [3.05, 3.63) is 32.0 Å². The third-order valence-corrected chi connectivity index (χ3v) is 5.33. The van der Waals surface area contributed by atoms with Crippen molar-refractivity contribution >= 4 is 50.8 Å². The standard InChI is InChI=1S/C15H16IN3O3S/c1-2-22-15(21)13-10-4-3-5-11(10)23-14(13)18-12(20)8-19-7-9(16)6-17-19/h6-7H,2-5,8H2,1H3,(H,18,20). The van der Waals surface area contributed by atoms with Crippen molar-refractivity contribution in [3.8, 4) is 0 Å². The van der Waals surface area contributed by atoms with Crippen LogP contribution in [0, 0.1) is 3.57 Å². The van der Waals surface area contributed by atoms with Crippen LogP contribution in [0.5, 0.6) is 0 Å². The number of hydrogen-bond acceptors (Lipinski definition) is 5. The first-order chi connectivity index (χ1) is 11.1. The summed E-state index contributed by atoms with van der Waals surface area (Å²) < 4.78 is 7.70. The minimum atomic E-state index is -0.351. The number of carbonyl (C=O) groups excluding carboxylic acids is 2. The van der Waals surface area contributed by atoms with E-state index in [1.54, 1.807) is 24.0 Å². The first kappa shape index (κ1) is 16.4. The molecule has 0 aliphatic heterocycles. The average molecular weight is 445 g/mol. The number of esters is 1. The van der Waals surface area contributed by atoms with Crippen molar-refractivity contribution in [2.45, 2.75) is 32.7 Å². The van der Waals surface area contributed by atoms with E-state index in [0.29, 0.717) is 17.2 Å². The summed E-state index contributed by atoms with van der Waals surface area (Å²) in [6.07, 6.45) is 6.36. The minimum Gasteiger partial charge on any atom is -0.462 e. The molecule has 8 heteroatoms. The van der Waals surface area contributed by atoms with Gasteiger partial charge in [-0.3, -0.25) is 9.48 Å². The molecule has 2 aromatic rings. The van der Waals surface area contributed by atoms with Gasteiger partial charge in [-0.2, -0.15) is 5.10 Å². The number of hydrogen-bond donors (Lipinski definition) is 1. The molecule has 1 amide bonds. The maximum Gasteiger partial charge on any atom is 0.341 e. The second-order valence-electron chi connectivity index (χ2n) is 5.19. The second-order valence-corrected chi connectivity index (χ2v) is 7.54. The van der Waals surface area contributed by atoms with Gasteiger partial charge in [0.2, 0.25) is 5.91 Å². The molecule has 0 aromatic carbocycles. The number of nitrogens with zero attached hydrogens (tertiary/aromatic N) is 2. The van der Waals surface area contributed by atoms with Crippen LogP contribution < -0.4 is 5.32 Å². The third-order valence-electron chi connectivity index (χ3n) is 3.56. The SMILES string of the molecule is CCOC(=O)c1c(NC(=O)Cn2cc(I)cn2)sc2c1CCC2. The number of rotatable bonds is 5. The molecule has 23 heavy (non-hydrogen) atoms. The van der Waals surface area contributed by atoms with Gasteiger partial charge in [-0.15, -0.1) is 11.3 Å². The zero-order valence-corrected chi connectivity index (χ0v) is 15.6. The zero-order valence-electron chi connectivity index (χ0n) is 12.6. The molecule has 0 saturated heterocycles. The van der Waals surface area contributed by atoms with E-state index in [4.69, 9.17) is 4.74 Å². The number of ether oxygens (including phenoxy) is 1. The molecule has 2 heterocycles. The van der Waals surface area contributed by atoms with E-state index in [1.165, 1.54) is 16.2 Å².